The van der Waals surface area contributed by atoms with Gasteiger partial charge in [-0.1, -0.05) is 29.3 Å². The van der Waals surface area contributed by atoms with Crippen LogP contribution >= 0.6 is 35.4 Å². The third kappa shape index (κ3) is 2.88. The molecule has 5 nitrogen and oxygen atoms in total. The Hall–Kier alpha value is -2.15. The van der Waals surface area contributed by atoms with E-state index in [0.29, 0.717) is 16.4 Å². The molecule has 2 heterocycles. The lowest BCUT2D eigenvalue weighted by molar-refractivity contribution is 0.432. The molecule has 2 N–H and O–H groups in total. The van der Waals surface area contributed by atoms with Gasteiger partial charge >= 0.3 is 0 Å². The fraction of sp³-hybridized carbons (Fsp3) is 0. The highest BCUT2D eigenvalue weighted by molar-refractivity contribution is 7.71. The molecule has 3 rings (SSSR count). The zero-order valence-corrected chi connectivity index (χ0v) is 13.8. The first-order valence-corrected chi connectivity index (χ1v) is 7.60. The normalized spacial score (nSPS) is 14.8. The zero-order chi connectivity index (χ0) is 16.6. The van der Waals surface area contributed by atoms with E-state index in [0.717, 1.165) is 0 Å². The molecule has 0 unspecified atom stereocenters. The summed E-state index contributed by atoms with van der Waals surface area (Å²) >= 11 is 17.3. The predicted molar refractivity (Wildman–Crippen MR) is 94.5 cm³/mol. The van der Waals surface area contributed by atoms with Crippen LogP contribution in [0.5, 0.6) is 5.88 Å². The van der Waals surface area contributed by atoms with Gasteiger partial charge in [-0.3, -0.25) is 19.3 Å². The van der Waals surface area contributed by atoms with Crippen molar-refractivity contribution < 1.29 is 5.11 Å². The van der Waals surface area contributed by atoms with Gasteiger partial charge < -0.3 is 5.11 Å². The van der Waals surface area contributed by atoms with Crippen molar-refractivity contribution in [3.63, 3.8) is 0 Å². The van der Waals surface area contributed by atoms with Gasteiger partial charge in [-0.15, -0.1) is 0 Å². The van der Waals surface area contributed by atoms with Crippen LogP contribution in [-0.4, -0.2) is 20.9 Å². The highest BCUT2D eigenvalue weighted by Gasteiger charge is 2.16. The average molecular weight is 366 g/mol. The molecule has 23 heavy (non-hydrogen) atoms. The number of halogens is 2. The first-order chi connectivity index (χ1) is 11.0. The molecule has 0 amide bonds. The Bertz CT molecular complexity index is 989. The lowest BCUT2D eigenvalue weighted by Crippen LogP contribution is -2.16. The Morgan fingerprint density at radius 1 is 1.35 bits per heavy atom. The Morgan fingerprint density at radius 3 is 2.83 bits per heavy atom. The Balaban J connectivity index is 2.31. The summed E-state index contributed by atoms with van der Waals surface area (Å²) in [4.78, 5) is 18.7. The van der Waals surface area contributed by atoms with Gasteiger partial charge in [-0.05, 0) is 42.6 Å². The number of allylic oxidation sites excluding steroid dienone is 2. The molecule has 0 saturated heterocycles. The highest BCUT2D eigenvalue weighted by Crippen LogP contribution is 2.31. The highest BCUT2D eigenvalue weighted by atomic mass is 35.5. The summed E-state index contributed by atoms with van der Waals surface area (Å²) in [7, 11) is 0. The summed E-state index contributed by atoms with van der Waals surface area (Å²) in [5, 5.41) is 11.1. The number of benzene rings is 1. The summed E-state index contributed by atoms with van der Waals surface area (Å²) in [5.74, 6) is -0.342. The van der Waals surface area contributed by atoms with Crippen LogP contribution in [0, 0.1) is 4.77 Å². The van der Waals surface area contributed by atoms with Gasteiger partial charge in [0, 0.05) is 6.21 Å². The third-order valence-electron chi connectivity index (χ3n) is 3.16. The van der Waals surface area contributed by atoms with Gasteiger partial charge in [0.05, 0.1) is 21.4 Å². The molecule has 0 bridgehead atoms. The molecule has 0 saturated carbocycles. The number of aliphatic imine (C=N–C) groups is 1. The maximum absolute atomic E-state index is 12.1. The molecule has 116 valence electrons. The number of hydrogen-bond acceptors (Lipinski definition) is 4. The molecule has 0 atom stereocenters. The molecule has 0 radical (unpaired) electrons. The lowest BCUT2D eigenvalue weighted by Gasteiger charge is -2.13. The first kappa shape index (κ1) is 15.7. The van der Waals surface area contributed by atoms with Gasteiger partial charge in [0.1, 0.15) is 5.56 Å². The summed E-state index contributed by atoms with van der Waals surface area (Å²) in [6.07, 6.45) is 6.47. The monoisotopic (exact) mass is 365 g/mol. The van der Waals surface area contributed by atoms with Gasteiger partial charge in [0.15, 0.2) is 4.77 Å². The SMILES string of the molecule is O=c1[nH]c(=S)n(-c2cccc(Cl)c2Cl)c(O)c1C=C1C=CC=N1. The van der Waals surface area contributed by atoms with Crippen molar-refractivity contribution in [1.82, 2.24) is 9.55 Å². The number of rotatable bonds is 2. The first-order valence-electron chi connectivity index (χ1n) is 6.44. The van der Waals surface area contributed by atoms with Crippen LogP contribution in [0.4, 0.5) is 0 Å². The van der Waals surface area contributed by atoms with Crippen molar-refractivity contribution in [3.05, 3.63) is 66.8 Å². The standard InChI is InChI=1S/C15H9Cl2N3O2S/c16-10-4-1-5-11(12(10)17)20-14(22)9(13(21)19-15(20)23)7-8-3-2-6-18-8/h1-7,22H,(H,19,21,23). The van der Waals surface area contributed by atoms with Gasteiger partial charge in [0.2, 0.25) is 5.88 Å². The smallest absolute Gasteiger partial charge is 0.262 e. The minimum atomic E-state index is -0.523. The van der Waals surface area contributed by atoms with Crippen molar-refractivity contribution in [2.45, 2.75) is 0 Å². The van der Waals surface area contributed by atoms with Crippen molar-refractivity contribution in [3.8, 4) is 11.6 Å². The largest absolute Gasteiger partial charge is 0.494 e. The van der Waals surface area contributed by atoms with Crippen molar-refractivity contribution >= 4 is 47.7 Å². The minimum absolute atomic E-state index is 0.00396. The van der Waals surface area contributed by atoms with E-state index in [-0.39, 0.29) is 21.2 Å². The van der Waals surface area contributed by atoms with Crippen LogP contribution in [0.1, 0.15) is 5.56 Å². The van der Waals surface area contributed by atoms with Crippen LogP contribution in [0.3, 0.4) is 0 Å². The number of nitrogens with zero attached hydrogens (tertiary/aromatic N) is 2. The zero-order valence-electron chi connectivity index (χ0n) is 11.5. The van der Waals surface area contributed by atoms with Crippen LogP contribution in [0.15, 0.2) is 45.8 Å². The molecular formula is C15H9Cl2N3O2S. The second kappa shape index (κ2) is 6.16. The maximum atomic E-state index is 12.1. The molecule has 0 spiro atoms. The fourth-order valence-corrected chi connectivity index (χ4v) is 2.76. The molecule has 1 aromatic heterocycles. The molecule has 0 fully saturated rings. The van der Waals surface area contributed by atoms with Crippen LogP contribution in [0.25, 0.3) is 11.8 Å². The second-order valence-corrected chi connectivity index (χ2v) is 5.78. The second-order valence-electron chi connectivity index (χ2n) is 4.61. The van der Waals surface area contributed by atoms with E-state index in [9.17, 15) is 9.90 Å². The van der Waals surface area contributed by atoms with E-state index in [1.54, 1.807) is 36.6 Å². The molecule has 1 aliphatic heterocycles. The van der Waals surface area contributed by atoms with E-state index >= 15 is 0 Å². The third-order valence-corrected chi connectivity index (χ3v) is 4.26. The summed E-state index contributed by atoms with van der Waals surface area (Å²) in [6, 6.07) is 4.91. The quantitative estimate of drug-likeness (QED) is 0.793. The lowest BCUT2D eigenvalue weighted by atomic mass is 10.2. The molecule has 8 heteroatoms. The van der Waals surface area contributed by atoms with Crippen molar-refractivity contribution in [2.75, 3.05) is 0 Å². The maximum Gasteiger partial charge on any atom is 0.262 e. The molecular weight excluding hydrogens is 357 g/mol. The summed E-state index contributed by atoms with van der Waals surface area (Å²) in [5.41, 5.74) is 0.396. The van der Waals surface area contributed by atoms with Crippen LogP contribution in [0.2, 0.25) is 10.0 Å². The van der Waals surface area contributed by atoms with Gasteiger partial charge in [-0.2, -0.15) is 0 Å². The van der Waals surface area contributed by atoms with E-state index < -0.39 is 5.56 Å². The molecule has 2 aromatic rings. The Morgan fingerprint density at radius 2 is 2.13 bits per heavy atom. The number of aromatic nitrogens is 2. The summed E-state index contributed by atoms with van der Waals surface area (Å²) < 4.78 is 1.25. The Labute approximate surface area is 145 Å². The number of aromatic amines is 1. The minimum Gasteiger partial charge on any atom is -0.494 e. The average Bonchev–Trinajstić information content (AvgIpc) is 3.01. The van der Waals surface area contributed by atoms with Gasteiger partial charge in [0.25, 0.3) is 5.56 Å². The number of H-pyrrole nitrogens is 1. The number of nitrogens with one attached hydrogen (secondary N) is 1. The number of aromatic hydroxyl groups is 1. The Kier molecular flexibility index (Phi) is 4.21. The molecule has 1 aliphatic rings. The van der Waals surface area contributed by atoms with E-state index in [1.807, 2.05) is 0 Å². The van der Waals surface area contributed by atoms with Crippen LogP contribution in [-0.2, 0) is 0 Å². The van der Waals surface area contributed by atoms with Crippen molar-refractivity contribution in [1.29, 1.82) is 0 Å². The fourth-order valence-electron chi connectivity index (χ4n) is 2.10. The van der Waals surface area contributed by atoms with E-state index in [1.165, 1.54) is 10.6 Å². The van der Waals surface area contributed by atoms with Crippen LogP contribution < -0.4 is 5.56 Å². The topological polar surface area (TPSA) is 70.4 Å². The molecule has 0 aliphatic carbocycles. The van der Waals surface area contributed by atoms with Crippen molar-refractivity contribution in [2.24, 2.45) is 4.99 Å². The van der Waals surface area contributed by atoms with E-state index in [2.05, 4.69) is 9.98 Å². The summed E-state index contributed by atoms with van der Waals surface area (Å²) in [6.45, 7) is 0. The van der Waals surface area contributed by atoms with E-state index in [4.69, 9.17) is 35.4 Å². The molecule has 1 aromatic carbocycles. The van der Waals surface area contributed by atoms with Gasteiger partial charge in [-0.25, -0.2) is 0 Å². The number of hydrogen-bond donors (Lipinski definition) is 2. The predicted octanol–water partition coefficient (Wildman–Crippen LogP) is 3.89.